The average molecular weight is 235 g/mol. The Morgan fingerprint density at radius 2 is 1.81 bits per heavy atom. The van der Waals surface area contributed by atoms with Crippen LogP contribution < -0.4 is 0 Å². The van der Waals surface area contributed by atoms with Crippen molar-refractivity contribution in [1.82, 2.24) is 9.97 Å². The van der Waals surface area contributed by atoms with Crippen LogP contribution in [0, 0.1) is 6.92 Å². The van der Waals surface area contributed by atoms with Gasteiger partial charge in [-0.25, -0.2) is 0 Å². The molecule has 3 nitrogen and oxygen atoms in total. The molecule has 0 spiro atoms. The molecule has 0 radical (unpaired) electrons. The van der Waals surface area contributed by atoms with E-state index in [1.54, 1.807) is 36.7 Å². The van der Waals surface area contributed by atoms with Gasteiger partial charge >= 0.3 is 0 Å². The summed E-state index contributed by atoms with van der Waals surface area (Å²) in [6.45, 7) is 1.85. The van der Waals surface area contributed by atoms with Gasteiger partial charge in [-0.2, -0.15) is 0 Å². The van der Waals surface area contributed by atoms with Gasteiger partial charge in [0, 0.05) is 11.2 Å². The summed E-state index contributed by atoms with van der Waals surface area (Å²) >= 11 is 5.77. The maximum atomic E-state index is 10.0. The lowest BCUT2D eigenvalue weighted by molar-refractivity contribution is 0.215. The van der Waals surface area contributed by atoms with E-state index in [2.05, 4.69) is 9.97 Å². The molecule has 16 heavy (non-hydrogen) atoms. The fourth-order valence-electron chi connectivity index (χ4n) is 1.36. The predicted molar refractivity (Wildman–Crippen MR) is 62.3 cm³/mol. The van der Waals surface area contributed by atoms with Crippen LogP contribution in [0.4, 0.5) is 0 Å². The molecule has 2 rings (SSSR count). The van der Waals surface area contributed by atoms with E-state index in [9.17, 15) is 5.11 Å². The Balaban J connectivity index is 2.28. The zero-order chi connectivity index (χ0) is 11.5. The van der Waals surface area contributed by atoms with Gasteiger partial charge in [0.15, 0.2) is 0 Å². The lowest BCUT2D eigenvalue weighted by atomic mass is 10.1. The molecular formula is C12H11ClN2O. The van der Waals surface area contributed by atoms with Crippen LogP contribution in [0.3, 0.4) is 0 Å². The summed E-state index contributed by atoms with van der Waals surface area (Å²) in [5.41, 5.74) is 2.11. The highest BCUT2D eigenvalue weighted by atomic mass is 35.5. The number of benzene rings is 1. The summed E-state index contributed by atoms with van der Waals surface area (Å²) in [5.74, 6) is 0. The second kappa shape index (κ2) is 4.60. The molecule has 1 unspecified atom stereocenters. The minimum Gasteiger partial charge on any atom is -0.382 e. The van der Waals surface area contributed by atoms with Crippen molar-refractivity contribution in [3.05, 3.63) is 58.6 Å². The first-order chi connectivity index (χ1) is 7.66. The topological polar surface area (TPSA) is 46.0 Å². The van der Waals surface area contributed by atoms with Gasteiger partial charge in [0.05, 0.1) is 17.6 Å². The van der Waals surface area contributed by atoms with Gasteiger partial charge in [0.25, 0.3) is 0 Å². The van der Waals surface area contributed by atoms with E-state index in [0.29, 0.717) is 10.7 Å². The molecule has 1 heterocycles. The van der Waals surface area contributed by atoms with Crippen molar-refractivity contribution in [2.75, 3.05) is 0 Å². The van der Waals surface area contributed by atoms with Gasteiger partial charge in [0.1, 0.15) is 6.10 Å². The molecule has 0 fully saturated rings. The zero-order valence-corrected chi connectivity index (χ0v) is 9.52. The highest BCUT2D eigenvalue weighted by Crippen LogP contribution is 2.21. The predicted octanol–water partition coefficient (Wildman–Crippen LogP) is 2.52. The zero-order valence-electron chi connectivity index (χ0n) is 8.76. The van der Waals surface area contributed by atoms with Gasteiger partial charge < -0.3 is 5.11 Å². The van der Waals surface area contributed by atoms with Crippen molar-refractivity contribution in [2.45, 2.75) is 13.0 Å². The molecule has 0 saturated heterocycles. The lowest BCUT2D eigenvalue weighted by Gasteiger charge is -2.09. The molecule has 2 aromatic rings. The number of aromatic nitrogens is 2. The number of aryl methyl sites for hydroxylation is 1. The molecule has 0 saturated carbocycles. The van der Waals surface area contributed by atoms with Gasteiger partial charge in [0.2, 0.25) is 0 Å². The minimum atomic E-state index is -0.759. The highest BCUT2D eigenvalue weighted by Gasteiger charge is 2.11. The molecule has 0 bridgehead atoms. The first kappa shape index (κ1) is 11.0. The van der Waals surface area contributed by atoms with Crippen LogP contribution in [0.5, 0.6) is 0 Å². The van der Waals surface area contributed by atoms with Gasteiger partial charge in [-0.3, -0.25) is 9.97 Å². The van der Waals surface area contributed by atoms with Crippen LogP contribution in [0.15, 0.2) is 36.7 Å². The third-order valence-electron chi connectivity index (χ3n) is 2.27. The van der Waals surface area contributed by atoms with Gasteiger partial charge in [-0.1, -0.05) is 23.7 Å². The maximum absolute atomic E-state index is 10.0. The maximum Gasteiger partial charge on any atom is 0.123 e. The number of hydrogen-bond acceptors (Lipinski definition) is 3. The quantitative estimate of drug-likeness (QED) is 0.869. The largest absolute Gasteiger partial charge is 0.382 e. The Morgan fingerprint density at radius 1 is 1.12 bits per heavy atom. The summed E-state index contributed by atoms with van der Waals surface area (Å²) in [6.07, 6.45) is 2.45. The number of halogens is 1. The monoisotopic (exact) mass is 234 g/mol. The summed E-state index contributed by atoms with van der Waals surface area (Å²) in [4.78, 5) is 8.23. The SMILES string of the molecule is Cc1cnc(C(O)c2ccc(Cl)cc2)cn1. The van der Waals surface area contributed by atoms with Crippen LogP contribution in [0.25, 0.3) is 0 Å². The smallest absolute Gasteiger partial charge is 0.123 e. The van der Waals surface area contributed by atoms with Crippen molar-refractivity contribution >= 4 is 11.6 Å². The molecule has 1 aromatic carbocycles. The number of nitrogens with zero attached hydrogens (tertiary/aromatic N) is 2. The highest BCUT2D eigenvalue weighted by molar-refractivity contribution is 6.30. The molecule has 1 aromatic heterocycles. The average Bonchev–Trinajstić information content (AvgIpc) is 2.30. The van der Waals surface area contributed by atoms with E-state index < -0.39 is 6.10 Å². The molecule has 1 atom stereocenters. The molecule has 0 aliphatic carbocycles. The Labute approximate surface area is 98.8 Å². The summed E-state index contributed by atoms with van der Waals surface area (Å²) < 4.78 is 0. The van der Waals surface area contributed by atoms with E-state index in [1.165, 1.54) is 0 Å². The molecule has 0 aliphatic heterocycles. The number of hydrogen-bond donors (Lipinski definition) is 1. The van der Waals surface area contributed by atoms with Crippen molar-refractivity contribution in [3.63, 3.8) is 0 Å². The fourth-order valence-corrected chi connectivity index (χ4v) is 1.49. The number of aliphatic hydroxyl groups excluding tert-OH is 1. The van der Waals surface area contributed by atoms with E-state index in [4.69, 9.17) is 11.6 Å². The van der Waals surface area contributed by atoms with Gasteiger partial charge in [-0.05, 0) is 24.6 Å². The number of rotatable bonds is 2. The molecule has 0 aliphatic rings. The van der Waals surface area contributed by atoms with Crippen LogP contribution in [-0.2, 0) is 0 Å². The van der Waals surface area contributed by atoms with Crippen LogP contribution in [-0.4, -0.2) is 15.1 Å². The molecule has 1 N–H and O–H groups in total. The van der Waals surface area contributed by atoms with Crippen LogP contribution in [0.2, 0.25) is 5.02 Å². The Morgan fingerprint density at radius 3 is 2.38 bits per heavy atom. The van der Waals surface area contributed by atoms with E-state index in [-0.39, 0.29) is 0 Å². The van der Waals surface area contributed by atoms with E-state index in [0.717, 1.165) is 11.3 Å². The van der Waals surface area contributed by atoms with Crippen molar-refractivity contribution < 1.29 is 5.11 Å². The summed E-state index contributed by atoms with van der Waals surface area (Å²) in [7, 11) is 0. The number of aliphatic hydroxyl groups is 1. The molecular weight excluding hydrogens is 224 g/mol. The van der Waals surface area contributed by atoms with E-state index >= 15 is 0 Å². The van der Waals surface area contributed by atoms with Crippen LogP contribution in [0.1, 0.15) is 23.1 Å². The second-order valence-corrected chi connectivity index (χ2v) is 3.97. The first-order valence-corrected chi connectivity index (χ1v) is 5.26. The normalized spacial score (nSPS) is 12.4. The Bertz CT molecular complexity index is 422. The lowest BCUT2D eigenvalue weighted by Crippen LogP contribution is -2.03. The Hall–Kier alpha value is -1.45. The minimum absolute atomic E-state index is 0.535. The first-order valence-electron chi connectivity index (χ1n) is 4.89. The fraction of sp³-hybridized carbons (Fsp3) is 0.167. The third-order valence-corrected chi connectivity index (χ3v) is 2.52. The van der Waals surface area contributed by atoms with Gasteiger partial charge in [-0.15, -0.1) is 0 Å². The van der Waals surface area contributed by atoms with Crippen molar-refractivity contribution in [1.29, 1.82) is 0 Å². The molecule has 82 valence electrons. The van der Waals surface area contributed by atoms with Crippen molar-refractivity contribution in [3.8, 4) is 0 Å². The van der Waals surface area contributed by atoms with Crippen molar-refractivity contribution in [2.24, 2.45) is 0 Å². The summed E-state index contributed by atoms with van der Waals surface area (Å²) in [5, 5.41) is 10.7. The van der Waals surface area contributed by atoms with Crippen LogP contribution >= 0.6 is 11.6 Å². The molecule has 0 amide bonds. The standard InChI is InChI=1S/C12H11ClN2O/c1-8-6-15-11(7-14-8)12(16)9-2-4-10(13)5-3-9/h2-7,12,16H,1H3. The Kier molecular flexibility index (Phi) is 3.17. The molecule has 4 heteroatoms. The van der Waals surface area contributed by atoms with E-state index in [1.807, 2.05) is 6.92 Å². The third kappa shape index (κ3) is 2.38. The second-order valence-electron chi connectivity index (χ2n) is 3.54. The summed E-state index contributed by atoms with van der Waals surface area (Å²) in [6, 6.07) is 7.02.